The van der Waals surface area contributed by atoms with Gasteiger partial charge in [-0.3, -0.25) is 9.59 Å². The van der Waals surface area contributed by atoms with Crippen LogP contribution < -0.4 is 10.2 Å². The molecule has 2 heterocycles. The van der Waals surface area contributed by atoms with Gasteiger partial charge in [-0.1, -0.05) is 6.92 Å². The number of thiophene rings is 2. The summed E-state index contributed by atoms with van der Waals surface area (Å²) in [6.45, 7) is 8.76. The monoisotopic (exact) mass is 350 g/mol. The second-order valence-corrected chi connectivity index (χ2v) is 7.51. The SMILES string of the molecule is CCCN(C(C)=O)c1cc(C)c(C(=O)NCc2sccc2C)s1. The summed E-state index contributed by atoms with van der Waals surface area (Å²) >= 11 is 3.03. The van der Waals surface area contributed by atoms with Gasteiger partial charge >= 0.3 is 0 Å². The van der Waals surface area contributed by atoms with E-state index in [1.165, 1.54) is 21.8 Å². The van der Waals surface area contributed by atoms with Gasteiger partial charge in [-0.2, -0.15) is 0 Å². The molecule has 0 radical (unpaired) electrons. The highest BCUT2D eigenvalue weighted by molar-refractivity contribution is 7.18. The summed E-state index contributed by atoms with van der Waals surface area (Å²) in [7, 11) is 0. The number of hydrogen-bond acceptors (Lipinski definition) is 4. The van der Waals surface area contributed by atoms with E-state index in [4.69, 9.17) is 0 Å². The van der Waals surface area contributed by atoms with Crippen LogP contribution in [0.2, 0.25) is 0 Å². The van der Waals surface area contributed by atoms with Crippen molar-refractivity contribution in [2.45, 2.75) is 40.7 Å². The van der Waals surface area contributed by atoms with E-state index in [1.54, 1.807) is 23.2 Å². The van der Waals surface area contributed by atoms with Gasteiger partial charge in [-0.15, -0.1) is 22.7 Å². The number of anilines is 1. The first kappa shape index (κ1) is 17.7. The Hall–Kier alpha value is -1.66. The molecule has 2 amide bonds. The van der Waals surface area contributed by atoms with Gasteiger partial charge in [0.15, 0.2) is 0 Å². The van der Waals surface area contributed by atoms with E-state index < -0.39 is 0 Å². The first-order valence-corrected chi connectivity index (χ1v) is 9.33. The van der Waals surface area contributed by atoms with Crippen LogP contribution in [-0.4, -0.2) is 18.4 Å². The van der Waals surface area contributed by atoms with Crippen LogP contribution >= 0.6 is 22.7 Å². The molecule has 6 heteroatoms. The van der Waals surface area contributed by atoms with Crippen LogP contribution in [0.5, 0.6) is 0 Å². The van der Waals surface area contributed by atoms with Gasteiger partial charge in [0, 0.05) is 18.3 Å². The van der Waals surface area contributed by atoms with Crippen LogP contribution in [0.15, 0.2) is 17.5 Å². The third-order valence-electron chi connectivity index (χ3n) is 3.58. The molecule has 0 aliphatic carbocycles. The quantitative estimate of drug-likeness (QED) is 0.852. The van der Waals surface area contributed by atoms with Gasteiger partial charge in [0.05, 0.1) is 16.4 Å². The Morgan fingerprint density at radius 3 is 2.57 bits per heavy atom. The van der Waals surface area contributed by atoms with Crippen molar-refractivity contribution in [2.75, 3.05) is 11.4 Å². The van der Waals surface area contributed by atoms with Crippen LogP contribution in [-0.2, 0) is 11.3 Å². The lowest BCUT2D eigenvalue weighted by molar-refractivity contribution is -0.116. The zero-order chi connectivity index (χ0) is 17.0. The molecule has 0 atom stereocenters. The van der Waals surface area contributed by atoms with Gasteiger partial charge in [0.1, 0.15) is 0 Å². The summed E-state index contributed by atoms with van der Waals surface area (Å²) in [6, 6.07) is 3.98. The highest BCUT2D eigenvalue weighted by Crippen LogP contribution is 2.30. The molecule has 124 valence electrons. The van der Waals surface area contributed by atoms with E-state index in [1.807, 2.05) is 32.2 Å². The third-order valence-corrected chi connectivity index (χ3v) is 5.86. The molecular formula is C17H22N2O2S2. The number of aryl methyl sites for hydroxylation is 2. The summed E-state index contributed by atoms with van der Waals surface area (Å²) in [5, 5.41) is 5.85. The van der Waals surface area contributed by atoms with Gasteiger partial charge < -0.3 is 10.2 Å². The summed E-state index contributed by atoms with van der Waals surface area (Å²) in [5.41, 5.74) is 2.11. The topological polar surface area (TPSA) is 49.4 Å². The highest BCUT2D eigenvalue weighted by Gasteiger charge is 2.19. The van der Waals surface area contributed by atoms with E-state index in [2.05, 4.69) is 11.4 Å². The molecule has 0 saturated carbocycles. The molecule has 2 aromatic rings. The van der Waals surface area contributed by atoms with Crippen LogP contribution in [0.4, 0.5) is 5.00 Å². The molecule has 1 N–H and O–H groups in total. The Bertz CT molecular complexity index is 703. The Kier molecular flexibility index (Phi) is 5.96. The van der Waals surface area contributed by atoms with Crippen molar-refractivity contribution in [1.82, 2.24) is 5.32 Å². The zero-order valence-electron chi connectivity index (χ0n) is 13.9. The number of amides is 2. The predicted octanol–water partition coefficient (Wildman–Crippen LogP) is 4.12. The van der Waals surface area contributed by atoms with E-state index in [9.17, 15) is 9.59 Å². The first-order chi connectivity index (χ1) is 10.9. The third kappa shape index (κ3) is 4.20. The van der Waals surface area contributed by atoms with Gasteiger partial charge in [-0.25, -0.2) is 0 Å². The second-order valence-electron chi connectivity index (χ2n) is 5.48. The van der Waals surface area contributed by atoms with Crippen molar-refractivity contribution in [1.29, 1.82) is 0 Å². The molecule has 0 saturated heterocycles. The number of nitrogens with zero attached hydrogens (tertiary/aromatic N) is 1. The van der Waals surface area contributed by atoms with E-state index in [-0.39, 0.29) is 11.8 Å². The molecule has 2 rings (SSSR count). The Labute approximate surface area is 145 Å². The molecule has 0 aliphatic rings. The lowest BCUT2D eigenvalue weighted by Gasteiger charge is -2.17. The fraction of sp³-hybridized carbons (Fsp3) is 0.412. The number of carbonyl (C=O) groups excluding carboxylic acids is 2. The van der Waals surface area contributed by atoms with Crippen LogP contribution in [0.25, 0.3) is 0 Å². The van der Waals surface area contributed by atoms with E-state index in [0.29, 0.717) is 18.0 Å². The molecule has 0 bridgehead atoms. The minimum atomic E-state index is -0.0773. The summed E-state index contributed by atoms with van der Waals surface area (Å²) in [6.07, 6.45) is 0.885. The molecule has 0 aromatic carbocycles. The van der Waals surface area contributed by atoms with Gasteiger partial charge in [-0.05, 0) is 48.9 Å². The average Bonchev–Trinajstić information content (AvgIpc) is 3.08. The summed E-state index contributed by atoms with van der Waals surface area (Å²) < 4.78 is 0. The minimum absolute atomic E-state index is 0.00858. The maximum absolute atomic E-state index is 12.4. The molecule has 23 heavy (non-hydrogen) atoms. The average molecular weight is 351 g/mol. The van der Waals surface area contributed by atoms with Crippen molar-refractivity contribution in [2.24, 2.45) is 0 Å². The molecule has 0 spiro atoms. The second kappa shape index (κ2) is 7.75. The van der Waals surface area contributed by atoms with Crippen molar-refractivity contribution < 1.29 is 9.59 Å². The summed E-state index contributed by atoms with van der Waals surface area (Å²) in [4.78, 5) is 27.8. The van der Waals surface area contributed by atoms with Gasteiger partial charge in [0.25, 0.3) is 5.91 Å². The maximum Gasteiger partial charge on any atom is 0.261 e. The van der Waals surface area contributed by atoms with E-state index in [0.717, 1.165) is 17.0 Å². The zero-order valence-corrected chi connectivity index (χ0v) is 15.6. The number of carbonyl (C=O) groups is 2. The minimum Gasteiger partial charge on any atom is -0.346 e. The molecule has 0 fully saturated rings. The smallest absolute Gasteiger partial charge is 0.261 e. The molecule has 0 aliphatic heterocycles. The largest absolute Gasteiger partial charge is 0.346 e. The number of rotatable bonds is 6. The fourth-order valence-electron chi connectivity index (χ4n) is 2.30. The molecule has 2 aromatic heterocycles. The first-order valence-electron chi connectivity index (χ1n) is 7.63. The fourth-order valence-corrected chi connectivity index (χ4v) is 4.30. The summed E-state index contributed by atoms with van der Waals surface area (Å²) in [5.74, 6) is -0.0687. The Balaban J connectivity index is 2.12. The van der Waals surface area contributed by atoms with E-state index >= 15 is 0 Å². The highest BCUT2D eigenvalue weighted by atomic mass is 32.1. The van der Waals surface area contributed by atoms with Crippen molar-refractivity contribution in [3.8, 4) is 0 Å². The molecule has 0 unspecified atom stereocenters. The lowest BCUT2D eigenvalue weighted by Crippen LogP contribution is -2.28. The van der Waals surface area contributed by atoms with Crippen LogP contribution in [0.3, 0.4) is 0 Å². The van der Waals surface area contributed by atoms with Gasteiger partial charge in [0.2, 0.25) is 5.91 Å². The van der Waals surface area contributed by atoms with Crippen molar-refractivity contribution in [3.05, 3.63) is 38.4 Å². The number of hydrogen-bond donors (Lipinski definition) is 1. The van der Waals surface area contributed by atoms with Crippen LogP contribution in [0.1, 0.15) is 45.9 Å². The van der Waals surface area contributed by atoms with Crippen LogP contribution in [0, 0.1) is 13.8 Å². The maximum atomic E-state index is 12.4. The molecular weight excluding hydrogens is 328 g/mol. The Morgan fingerprint density at radius 1 is 1.26 bits per heavy atom. The van der Waals surface area contributed by atoms with Crippen molar-refractivity contribution >= 4 is 39.5 Å². The molecule has 4 nitrogen and oxygen atoms in total. The van der Waals surface area contributed by atoms with Crippen molar-refractivity contribution in [3.63, 3.8) is 0 Å². The number of nitrogens with one attached hydrogen (secondary N) is 1. The Morgan fingerprint density at radius 2 is 2.00 bits per heavy atom. The predicted molar refractivity (Wildman–Crippen MR) is 97.6 cm³/mol. The standard InChI is InChI=1S/C17H22N2O2S2/c1-5-7-19(13(4)20)15-9-12(3)16(23-15)17(21)18-10-14-11(2)6-8-22-14/h6,8-9H,5,7,10H2,1-4H3,(H,18,21). The lowest BCUT2D eigenvalue weighted by atomic mass is 10.2. The normalized spacial score (nSPS) is 10.6.